The molecule has 0 atom stereocenters. The molecule has 70 heavy (non-hydrogen) atoms. The molecule has 6 aromatic rings. The molecule has 0 saturated heterocycles. The van der Waals surface area contributed by atoms with Gasteiger partial charge in [-0.3, -0.25) is 14.4 Å². The SMILES string of the molecule is Cc1cc(CC(=O)Nc2ccc(OP(Oc3ccc(NC(=O)Cc4cc(C)c(O)c(C(C)(C)C)c4)cc3)Oc3ccc(NC(=O)Cc4cc(C)c(O)c(C(C)(C)C)c4)cc3)cc2)cc(C(C)(C)C)c1C. The summed E-state index contributed by atoms with van der Waals surface area (Å²) >= 11 is 0. The average molecular weight is 966 g/mol. The molecule has 0 aliphatic carbocycles. The fourth-order valence-electron chi connectivity index (χ4n) is 8.15. The highest BCUT2D eigenvalue weighted by atomic mass is 31.2. The minimum atomic E-state index is -2.13. The van der Waals surface area contributed by atoms with Gasteiger partial charge in [-0.1, -0.05) is 98.7 Å². The van der Waals surface area contributed by atoms with Crippen LogP contribution in [0.5, 0.6) is 28.7 Å². The van der Waals surface area contributed by atoms with Gasteiger partial charge in [-0.15, -0.1) is 0 Å². The van der Waals surface area contributed by atoms with Crippen LogP contribution in [-0.4, -0.2) is 27.9 Å². The average Bonchev–Trinajstić information content (AvgIpc) is 3.25. The second-order valence-electron chi connectivity index (χ2n) is 21.2. The van der Waals surface area contributed by atoms with Crippen LogP contribution in [0.1, 0.15) is 118 Å². The van der Waals surface area contributed by atoms with Gasteiger partial charge in [0.05, 0.1) is 19.3 Å². The Kier molecular flexibility index (Phi) is 16.1. The molecular formula is C58H68N3O8P. The van der Waals surface area contributed by atoms with E-state index in [2.05, 4.69) is 62.7 Å². The number of benzene rings is 6. The van der Waals surface area contributed by atoms with Gasteiger partial charge in [0.1, 0.15) is 28.7 Å². The first kappa shape index (κ1) is 52.5. The fraction of sp³-hybridized carbons (Fsp3) is 0.328. The number of phenolic OH excluding ortho intramolecular Hbond substituents is 2. The van der Waals surface area contributed by atoms with Gasteiger partial charge >= 0.3 is 8.60 Å². The van der Waals surface area contributed by atoms with E-state index in [4.69, 9.17) is 13.6 Å². The van der Waals surface area contributed by atoms with Crippen LogP contribution in [-0.2, 0) is 49.9 Å². The van der Waals surface area contributed by atoms with E-state index in [9.17, 15) is 24.6 Å². The molecule has 0 heterocycles. The van der Waals surface area contributed by atoms with Crippen molar-refractivity contribution in [1.82, 2.24) is 0 Å². The van der Waals surface area contributed by atoms with E-state index in [1.54, 1.807) is 72.8 Å². The number of aromatic hydroxyl groups is 2. The number of hydrogen-bond donors (Lipinski definition) is 5. The minimum absolute atomic E-state index is 0.0500. The van der Waals surface area contributed by atoms with Crippen LogP contribution in [0.2, 0.25) is 0 Å². The summed E-state index contributed by atoms with van der Waals surface area (Å²) in [6.45, 7) is 26.5. The zero-order valence-electron chi connectivity index (χ0n) is 42.8. The topological polar surface area (TPSA) is 155 Å². The van der Waals surface area contributed by atoms with Gasteiger partial charge in [-0.2, -0.15) is 0 Å². The fourth-order valence-corrected chi connectivity index (χ4v) is 9.15. The maximum Gasteiger partial charge on any atom is 0.530 e. The largest absolute Gasteiger partial charge is 0.530 e. The Morgan fingerprint density at radius 2 is 0.700 bits per heavy atom. The lowest BCUT2D eigenvalue weighted by Gasteiger charge is -2.24. The molecule has 0 spiro atoms. The predicted molar refractivity (Wildman–Crippen MR) is 283 cm³/mol. The van der Waals surface area contributed by atoms with E-state index in [1.165, 1.54) is 11.1 Å². The Balaban J connectivity index is 1.14. The van der Waals surface area contributed by atoms with Crippen LogP contribution in [0.3, 0.4) is 0 Å². The number of hydrogen-bond acceptors (Lipinski definition) is 8. The van der Waals surface area contributed by atoms with Gasteiger partial charge in [0, 0.05) is 17.1 Å². The monoisotopic (exact) mass is 965 g/mol. The van der Waals surface area contributed by atoms with E-state index in [1.807, 2.05) is 79.7 Å². The van der Waals surface area contributed by atoms with Gasteiger partial charge in [-0.05, 0) is 172 Å². The van der Waals surface area contributed by atoms with Gasteiger partial charge in [0.2, 0.25) is 17.7 Å². The molecule has 6 aromatic carbocycles. The standard InChI is InChI=1S/C58H68N3O8P/c1-35-26-39(29-48(38(35)4)56(5,6)7)32-51(62)59-42-14-20-45(21-15-42)67-70(68-46-22-16-43(17-23-46)60-52(63)33-40-27-36(2)54(65)49(30-40)57(8,9)10)69-47-24-18-44(19-25-47)61-53(64)34-41-28-37(3)55(66)50(31-41)58(11,12)13/h14-31,65-66H,32-34H2,1-13H3,(H,59,62)(H,60,63)(H,61,64). The first-order valence-corrected chi connectivity index (χ1v) is 24.6. The zero-order chi connectivity index (χ0) is 51.3. The molecule has 12 heteroatoms. The Morgan fingerprint density at radius 3 is 0.986 bits per heavy atom. The summed E-state index contributed by atoms with van der Waals surface area (Å²) in [5, 5.41) is 30.2. The third-order valence-electron chi connectivity index (χ3n) is 11.9. The smallest absolute Gasteiger partial charge is 0.507 e. The van der Waals surface area contributed by atoms with Crippen LogP contribution >= 0.6 is 8.60 Å². The molecule has 5 N–H and O–H groups in total. The third-order valence-corrected chi connectivity index (χ3v) is 13.0. The number of amides is 3. The molecule has 368 valence electrons. The van der Waals surface area contributed by atoms with Crippen molar-refractivity contribution in [3.63, 3.8) is 0 Å². The minimum Gasteiger partial charge on any atom is -0.507 e. The predicted octanol–water partition coefficient (Wildman–Crippen LogP) is 13.5. The molecule has 0 saturated carbocycles. The molecule has 6 rings (SSSR count). The summed E-state index contributed by atoms with van der Waals surface area (Å²) in [5.74, 6) is 1.19. The summed E-state index contributed by atoms with van der Waals surface area (Å²) in [6.07, 6.45) is 0.482. The Morgan fingerprint density at radius 1 is 0.429 bits per heavy atom. The van der Waals surface area contributed by atoms with Crippen molar-refractivity contribution in [2.75, 3.05) is 16.0 Å². The molecule has 11 nitrogen and oxygen atoms in total. The summed E-state index contributed by atoms with van der Waals surface area (Å²) in [7, 11) is -2.13. The summed E-state index contributed by atoms with van der Waals surface area (Å²) in [4.78, 5) is 39.6. The number of rotatable bonds is 15. The van der Waals surface area contributed by atoms with Gasteiger partial charge in [0.25, 0.3) is 0 Å². The Labute approximate surface area is 415 Å². The molecule has 0 aromatic heterocycles. The molecule has 0 fully saturated rings. The molecule has 0 aliphatic rings. The van der Waals surface area contributed by atoms with Crippen LogP contribution in [0.15, 0.2) is 109 Å². The molecular weight excluding hydrogens is 898 g/mol. The highest BCUT2D eigenvalue weighted by Gasteiger charge is 2.25. The maximum atomic E-state index is 13.2. The van der Waals surface area contributed by atoms with E-state index in [0.29, 0.717) is 45.4 Å². The lowest BCUT2D eigenvalue weighted by Crippen LogP contribution is -2.17. The zero-order valence-corrected chi connectivity index (χ0v) is 43.7. The van der Waals surface area contributed by atoms with Crippen molar-refractivity contribution in [3.05, 3.63) is 165 Å². The summed E-state index contributed by atoms with van der Waals surface area (Å²) < 4.78 is 18.9. The lowest BCUT2D eigenvalue weighted by atomic mass is 9.81. The van der Waals surface area contributed by atoms with E-state index in [0.717, 1.165) is 33.4 Å². The highest BCUT2D eigenvalue weighted by Crippen LogP contribution is 2.43. The lowest BCUT2D eigenvalue weighted by molar-refractivity contribution is -0.116. The van der Waals surface area contributed by atoms with Crippen LogP contribution in [0.4, 0.5) is 17.1 Å². The number of phenols is 2. The van der Waals surface area contributed by atoms with Crippen molar-refractivity contribution in [2.24, 2.45) is 0 Å². The van der Waals surface area contributed by atoms with Gasteiger partial charge in [-0.25, -0.2) is 0 Å². The quantitative estimate of drug-likeness (QED) is 0.0637. The van der Waals surface area contributed by atoms with Gasteiger partial charge in [0.15, 0.2) is 0 Å². The summed E-state index contributed by atoms with van der Waals surface area (Å²) in [5.41, 5.74) is 10.3. The van der Waals surface area contributed by atoms with E-state index >= 15 is 0 Å². The van der Waals surface area contributed by atoms with Crippen LogP contribution < -0.4 is 29.5 Å². The molecule has 0 bridgehead atoms. The molecule has 0 radical (unpaired) electrons. The Bertz CT molecular complexity index is 2540. The maximum absolute atomic E-state index is 13.2. The summed E-state index contributed by atoms with van der Waals surface area (Å²) in [6, 6.07) is 32.3. The number of carbonyl (C=O) groups is 3. The molecule has 0 aliphatic heterocycles. The normalized spacial score (nSPS) is 11.8. The number of aryl methyl sites for hydroxylation is 3. The third kappa shape index (κ3) is 14.1. The van der Waals surface area contributed by atoms with Crippen molar-refractivity contribution >= 4 is 43.4 Å². The molecule has 3 amide bonds. The van der Waals surface area contributed by atoms with Crippen molar-refractivity contribution in [2.45, 2.75) is 126 Å². The second-order valence-corrected chi connectivity index (χ2v) is 22.2. The second kappa shape index (κ2) is 21.4. The van der Waals surface area contributed by atoms with Crippen molar-refractivity contribution in [3.8, 4) is 28.7 Å². The van der Waals surface area contributed by atoms with E-state index in [-0.39, 0.29) is 64.7 Å². The number of carbonyl (C=O) groups excluding carboxylic acids is 3. The number of anilines is 3. The van der Waals surface area contributed by atoms with E-state index < -0.39 is 8.60 Å². The van der Waals surface area contributed by atoms with Crippen molar-refractivity contribution in [1.29, 1.82) is 0 Å². The first-order chi connectivity index (χ1) is 32.7. The number of nitrogens with one attached hydrogen (secondary N) is 3. The first-order valence-electron chi connectivity index (χ1n) is 23.5. The van der Waals surface area contributed by atoms with Gasteiger partial charge < -0.3 is 39.7 Å². The highest BCUT2D eigenvalue weighted by molar-refractivity contribution is 7.43. The van der Waals surface area contributed by atoms with Crippen LogP contribution in [0, 0.1) is 27.7 Å². The van der Waals surface area contributed by atoms with Crippen molar-refractivity contribution < 1.29 is 38.2 Å². The Hall–Kier alpha value is -6.84. The van der Waals surface area contributed by atoms with Crippen LogP contribution in [0.25, 0.3) is 0 Å². The molecule has 0 unspecified atom stereocenters.